The Morgan fingerprint density at radius 2 is 1.83 bits per heavy atom. The zero-order valence-corrected chi connectivity index (χ0v) is 14.2. The topological polar surface area (TPSA) is 124 Å². The molecule has 0 aliphatic carbocycles. The third kappa shape index (κ3) is 10.1. The molecule has 0 saturated heterocycles. The highest BCUT2D eigenvalue weighted by molar-refractivity contribution is 5.77. The molecule has 1 aromatic carbocycles. The average Bonchev–Trinajstić information content (AvgIpc) is 2.63. The average molecular weight is 334 g/mol. The van der Waals surface area contributed by atoms with Crippen LogP contribution in [0.5, 0.6) is 0 Å². The number of nitrogens with one attached hydrogen (secondary N) is 1. The summed E-state index contributed by atoms with van der Waals surface area (Å²) in [4.78, 5) is 14.6. The number of unbranched alkanes of at least 4 members (excludes halogenated alkanes) is 1. The van der Waals surface area contributed by atoms with Crippen LogP contribution in [0.15, 0.2) is 42.6 Å². The van der Waals surface area contributed by atoms with E-state index in [9.17, 15) is 4.79 Å². The van der Waals surface area contributed by atoms with Crippen molar-refractivity contribution in [3.05, 3.63) is 42.6 Å². The summed E-state index contributed by atoms with van der Waals surface area (Å²) < 4.78 is 8.85. The minimum atomic E-state index is -0.669. The molecule has 0 bridgehead atoms. The molecule has 1 heterocycles. The highest BCUT2D eigenvalue weighted by Crippen LogP contribution is 2.07. The number of ether oxygens (including phenoxy) is 2. The van der Waals surface area contributed by atoms with E-state index in [4.69, 9.17) is 11.1 Å². The number of nitrogens with two attached hydrogens (primary N) is 2. The first-order chi connectivity index (χ1) is 11.6. The van der Waals surface area contributed by atoms with Crippen molar-refractivity contribution < 1.29 is 14.3 Å². The van der Waals surface area contributed by atoms with E-state index in [2.05, 4.69) is 32.3 Å². The Hall–Kier alpha value is -2.67. The molecule has 0 amide bonds. The number of carbonyl (C=O) groups is 1. The predicted octanol–water partition coefficient (Wildman–Crippen LogP) is 2.69. The van der Waals surface area contributed by atoms with Crippen LogP contribution in [0.4, 0.5) is 4.79 Å². The molecule has 7 nitrogen and oxygen atoms in total. The molecule has 0 saturated carbocycles. The summed E-state index contributed by atoms with van der Waals surface area (Å²) >= 11 is 0. The van der Waals surface area contributed by atoms with Crippen molar-refractivity contribution in [2.24, 2.45) is 11.5 Å². The molecule has 0 aliphatic heterocycles. The van der Waals surface area contributed by atoms with Crippen LogP contribution >= 0.6 is 0 Å². The van der Waals surface area contributed by atoms with Gasteiger partial charge in [-0.25, -0.2) is 4.79 Å². The van der Waals surface area contributed by atoms with Crippen LogP contribution in [-0.2, 0) is 9.47 Å². The lowest BCUT2D eigenvalue weighted by atomic mass is 10.2. The van der Waals surface area contributed by atoms with Crippen molar-refractivity contribution in [3.8, 4) is 0 Å². The number of methoxy groups -OCH3 is 1. The fraction of sp³-hybridized carbons (Fsp3) is 0.353. The minimum Gasteiger partial charge on any atom is -0.438 e. The molecule has 0 unspecified atom stereocenters. The molecule has 0 aliphatic rings. The first kappa shape index (κ1) is 21.3. The number of fused-ring (bicyclic) bond motifs is 1. The van der Waals surface area contributed by atoms with E-state index in [1.54, 1.807) is 0 Å². The molecule has 24 heavy (non-hydrogen) atoms. The van der Waals surface area contributed by atoms with Gasteiger partial charge in [-0.2, -0.15) is 0 Å². The van der Waals surface area contributed by atoms with Crippen molar-refractivity contribution >= 4 is 22.9 Å². The van der Waals surface area contributed by atoms with Gasteiger partial charge >= 0.3 is 6.16 Å². The zero-order chi connectivity index (χ0) is 18.2. The Morgan fingerprint density at radius 1 is 1.17 bits per heavy atom. The van der Waals surface area contributed by atoms with E-state index in [-0.39, 0.29) is 5.84 Å². The fourth-order valence-corrected chi connectivity index (χ4v) is 1.65. The quantitative estimate of drug-likeness (QED) is 0.334. The Bertz CT molecular complexity index is 540. The van der Waals surface area contributed by atoms with Crippen LogP contribution in [0.2, 0.25) is 0 Å². The number of carbonyl (C=O) groups excluding carboxylic acids is 1. The zero-order valence-electron chi connectivity index (χ0n) is 14.2. The number of benzene rings is 1. The van der Waals surface area contributed by atoms with Gasteiger partial charge in [0, 0.05) is 18.0 Å². The van der Waals surface area contributed by atoms with Gasteiger partial charge in [0.25, 0.3) is 0 Å². The molecular weight excluding hydrogens is 308 g/mol. The smallest absolute Gasteiger partial charge is 0.438 e. The van der Waals surface area contributed by atoms with E-state index in [0.717, 1.165) is 11.9 Å². The summed E-state index contributed by atoms with van der Waals surface area (Å²) in [6, 6.07) is 12.1. The number of aromatic nitrogens is 1. The van der Waals surface area contributed by atoms with Crippen molar-refractivity contribution in [1.82, 2.24) is 4.98 Å². The van der Waals surface area contributed by atoms with E-state index in [0.29, 0.717) is 19.4 Å². The lowest BCUT2D eigenvalue weighted by Crippen LogP contribution is -2.10. The number of pyridine rings is 1. The van der Waals surface area contributed by atoms with Crippen molar-refractivity contribution in [3.63, 3.8) is 0 Å². The maximum atomic E-state index is 10.4. The van der Waals surface area contributed by atoms with Gasteiger partial charge in [0.15, 0.2) is 0 Å². The van der Waals surface area contributed by atoms with E-state index in [1.165, 1.54) is 19.5 Å². The molecule has 0 fully saturated rings. The van der Waals surface area contributed by atoms with Gasteiger partial charge in [0.2, 0.25) is 0 Å². The summed E-state index contributed by atoms with van der Waals surface area (Å²) in [5.74, 6) is 0.160. The number of nitrogens with zero attached hydrogens (tertiary/aromatic N) is 1. The summed E-state index contributed by atoms with van der Waals surface area (Å²) in [5, 5.41) is 8.09. The second kappa shape index (κ2) is 14.0. The number of hydrogen-bond donors (Lipinski definition) is 3. The van der Waals surface area contributed by atoms with Gasteiger partial charge in [-0.1, -0.05) is 24.3 Å². The van der Waals surface area contributed by atoms with Gasteiger partial charge in [-0.05, 0) is 32.0 Å². The second-order valence-electron chi connectivity index (χ2n) is 4.48. The number of rotatable bonds is 5. The van der Waals surface area contributed by atoms with Gasteiger partial charge in [0.05, 0.1) is 25.1 Å². The molecule has 0 radical (unpaired) electrons. The first-order valence-corrected chi connectivity index (χ1v) is 7.54. The van der Waals surface area contributed by atoms with Crippen LogP contribution in [0.25, 0.3) is 10.9 Å². The molecule has 5 N–H and O–H groups in total. The highest BCUT2D eigenvalue weighted by atomic mass is 16.7. The second-order valence-corrected chi connectivity index (χ2v) is 4.48. The molecule has 7 heteroatoms. The number of amidine groups is 1. The van der Waals surface area contributed by atoms with Crippen LogP contribution in [0, 0.1) is 5.41 Å². The first-order valence-electron chi connectivity index (χ1n) is 7.54. The van der Waals surface area contributed by atoms with E-state index in [1.807, 2.05) is 30.5 Å². The van der Waals surface area contributed by atoms with E-state index >= 15 is 0 Å². The molecular formula is C17H26N4O3. The van der Waals surface area contributed by atoms with Gasteiger partial charge in [-0.15, -0.1) is 0 Å². The number of hydrogen-bond acceptors (Lipinski definition) is 6. The maximum absolute atomic E-state index is 10.4. The molecule has 1 aromatic heterocycles. The molecule has 0 spiro atoms. The Labute approximate surface area is 142 Å². The summed E-state index contributed by atoms with van der Waals surface area (Å²) in [6.45, 7) is 0.319. The molecule has 2 aromatic rings. The molecule has 132 valence electrons. The van der Waals surface area contributed by atoms with Crippen molar-refractivity contribution in [2.75, 3.05) is 20.8 Å². The molecule has 0 atom stereocenters. The largest absolute Gasteiger partial charge is 0.507 e. The highest BCUT2D eigenvalue weighted by Gasteiger charge is 1.98. The minimum absolute atomic E-state index is 0.160. The summed E-state index contributed by atoms with van der Waals surface area (Å²) in [5.41, 5.74) is 10.7. The summed E-state index contributed by atoms with van der Waals surface area (Å²) in [7, 11) is 2.76. The normalized spacial score (nSPS) is 8.96. The van der Waals surface area contributed by atoms with Gasteiger partial charge < -0.3 is 20.9 Å². The van der Waals surface area contributed by atoms with Crippen molar-refractivity contribution in [2.45, 2.75) is 19.3 Å². The monoisotopic (exact) mass is 334 g/mol. The maximum Gasteiger partial charge on any atom is 0.507 e. The Morgan fingerprint density at radius 3 is 2.46 bits per heavy atom. The SMILES string of the molecule is CN.COC(=O)OCCCCC(=N)N.c1ccc2ncccc2c1. The lowest BCUT2D eigenvalue weighted by molar-refractivity contribution is 0.0716. The van der Waals surface area contributed by atoms with Gasteiger partial charge in [-0.3, -0.25) is 10.4 Å². The van der Waals surface area contributed by atoms with Gasteiger partial charge in [0.1, 0.15) is 0 Å². The third-order valence-electron chi connectivity index (χ3n) is 2.74. The Balaban J connectivity index is 0.000000402. The molecule has 2 rings (SSSR count). The lowest BCUT2D eigenvalue weighted by Gasteiger charge is -2.01. The fourth-order valence-electron chi connectivity index (χ4n) is 1.65. The number of para-hydroxylation sites is 1. The van der Waals surface area contributed by atoms with Crippen LogP contribution in [0.3, 0.4) is 0 Å². The third-order valence-corrected chi connectivity index (χ3v) is 2.74. The van der Waals surface area contributed by atoms with Crippen molar-refractivity contribution in [1.29, 1.82) is 5.41 Å². The van der Waals surface area contributed by atoms with Crippen LogP contribution in [-0.4, -0.2) is 37.7 Å². The Kier molecular flexibility index (Phi) is 12.4. The predicted molar refractivity (Wildman–Crippen MR) is 96.0 cm³/mol. The standard InChI is InChI=1S/C9H7N.C7H14N2O3.CH5N/c1-2-6-9-8(4-1)5-3-7-10-9;1-11-7(10)12-5-3-2-4-6(8)9;1-2/h1-7H;2-5H2,1H3,(H3,8,9);2H2,1H3. The van der Waals surface area contributed by atoms with E-state index < -0.39 is 6.16 Å². The van der Waals surface area contributed by atoms with Crippen LogP contribution < -0.4 is 11.5 Å². The van der Waals surface area contributed by atoms with Crippen LogP contribution in [0.1, 0.15) is 19.3 Å². The summed E-state index contributed by atoms with van der Waals surface area (Å²) in [6.07, 6.45) is 3.14.